The van der Waals surface area contributed by atoms with Gasteiger partial charge in [0.25, 0.3) is 0 Å². The van der Waals surface area contributed by atoms with Gasteiger partial charge in [-0.25, -0.2) is 14.4 Å². The first-order chi connectivity index (χ1) is 14.2. The van der Waals surface area contributed by atoms with E-state index in [2.05, 4.69) is 27.4 Å². The maximum absolute atomic E-state index is 13.4. The summed E-state index contributed by atoms with van der Waals surface area (Å²) in [4.78, 5) is 21.9. The highest BCUT2D eigenvalue weighted by Gasteiger charge is 2.16. The van der Waals surface area contributed by atoms with Gasteiger partial charge in [0.1, 0.15) is 11.6 Å². The van der Waals surface area contributed by atoms with Gasteiger partial charge in [0.15, 0.2) is 0 Å². The lowest BCUT2D eigenvalue weighted by molar-refractivity contribution is -0.120. The van der Waals surface area contributed by atoms with Crippen LogP contribution in [0.1, 0.15) is 57.7 Å². The molecule has 0 saturated carbocycles. The first-order valence-corrected chi connectivity index (χ1v) is 10.5. The third kappa shape index (κ3) is 5.82. The van der Waals surface area contributed by atoms with Crippen molar-refractivity contribution in [2.75, 3.05) is 0 Å². The lowest BCUT2D eigenvalue weighted by Crippen LogP contribution is -2.12. The van der Waals surface area contributed by atoms with Gasteiger partial charge < -0.3 is 0 Å². The van der Waals surface area contributed by atoms with Crippen molar-refractivity contribution in [3.05, 3.63) is 66.1 Å². The first kappa shape index (κ1) is 21.8. The maximum Gasteiger partial charge on any atom is 0.133 e. The molecule has 1 heterocycles. The molecule has 0 saturated heterocycles. The first-order valence-electron chi connectivity index (χ1n) is 10.5. The second kappa shape index (κ2) is 9.29. The summed E-state index contributed by atoms with van der Waals surface area (Å²) < 4.78 is 13.4. The number of halogens is 1. The third-order valence-electron chi connectivity index (χ3n) is 4.96. The SMILES string of the molecule is C=Cc1ccc2nc(-c3ccc(F)cc3)c(CCCCC(=O)CC(C)(C)C)nc2c1. The molecule has 3 rings (SSSR count). The zero-order valence-corrected chi connectivity index (χ0v) is 18.0. The number of rotatable bonds is 8. The number of carbonyl (C=O) groups excluding carboxylic acids is 1. The maximum atomic E-state index is 13.4. The second-order valence-corrected chi connectivity index (χ2v) is 8.96. The number of aryl methyl sites for hydroxylation is 1. The van der Waals surface area contributed by atoms with Crippen molar-refractivity contribution in [1.82, 2.24) is 9.97 Å². The normalized spacial score (nSPS) is 11.6. The Morgan fingerprint density at radius 3 is 2.43 bits per heavy atom. The van der Waals surface area contributed by atoms with Gasteiger partial charge in [0, 0.05) is 18.4 Å². The number of carbonyl (C=O) groups is 1. The van der Waals surface area contributed by atoms with E-state index in [0.717, 1.165) is 52.8 Å². The predicted molar refractivity (Wildman–Crippen MR) is 122 cm³/mol. The van der Waals surface area contributed by atoms with E-state index in [0.29, 0.717) is 18.6 Å². The molecule has 2 aromatic carbocycles. The Morgan fingerprint density at radius 1 is 1.03 bits per heavy atom. The van der Waals surface area contributed by atoms with Gasteiger partial charge in [0.2, 0.25) is 0 Å². The van der Waals surface area contributed by atoms with Gasteiger partial charge in [-0.05, 0) is 66.6 Å². The fraction of sp³-hybridized carbons (Fsp3) is 0.346. The van der Waals surface area contributed by atoms with Crippen LogP contribution in [0.5, 0.6) is 0 Å². The highest BCUT2D eigenvalue weighted by atomic mass is 19.1. The Hall–Kier alpha value is -2.88. The van der Waals surface area contributed by atoms with Crippen molar-refractivity contribution >= 4 is 22.9 Å². The van der Waals surface area contributed by atoms with Gasteiger partial charge in [-0.3, -0.25) is 4.79 Å². The predicted octanol–water partition coefficient (Wildman–Crippen LogP) is 6.80. The van der Waals surface area contributed by atoms with E-state index in [1.165, 1.54) is 12.1 Å². The summed E-state index contributed by atoms with van der Waals surface area (Å²) in [6, 6.07) is 12.2. The number of fused-ring (bicyclic) bond motifs is 1. The fourth-order valence-corrected chi connectivity index (χ4v) is 3.54. The average Bonchev–Trinajstić information content (AvgIpc) is 2.69. The summed E-state index contributed by atoms with van der Waals surface area (Å²) in [7, 11) is 0. The van der Waals surface area contributed by atoms with Crippen LogP contribution in [-0.2, 0) is 11.2 Å². The highest BCUT2D eigenvalue weighted by Crippen LogP contribution is 2.26. The fourth-order valence-electron chi connectivity index (χ4n) is 3.54. The van der Waals surface area contributed by atoms with Gasteiger partial charge in [-0.2, -0.15) is 0 Å². The topological polar surface area (TPSA) is 42.9 Å². The zero-order valence-electron chi connectivity index (χ0n) is 18.0. The van der Waals surface area contributed by atoms with Gasteiger partial charge in [-0.15, -0.1) is 0 Å². The molecule has 4 heteroatoms. The number of nitrogens with zero attached hydrogens (tertiary/aromatic N) is 2. The van der Waals surface area contributed by atoms with Crippen LogP contribution >= 0.6 is 0 Å². The number of hydrogen-bond donors (Lipinski definition) is 0. The van der Waals surface area contributed by atoms with Crippen LogP contribution in [0.3, 0.4) is 0 Å². The zero-order chi connectivity index (χ0) is 21.7. The Bertz CT molecular complexity index is 1050. The summed E-state index contributed by atoms with van der Waals surface area (Å²) in [5.41, 5.74) is 5.12. The second-order valence-electron chi connectivity index (χ2n) is 8.96. The molecular formula is C26H29FN2O. The molecule has 156 valence electrons. The monoisotopic (exact) mass is 404 g/mol. The molecule has 0 unspecified atom stereocenters. The third-order valence-corrected chi connectivity index (χ3v) is 4.96. The van der Waals surface area contributed by atoms with Crippen molar-refractivity contribution in [3.63, 3.8) is 0 Å². The smallest absolute Gasteiger partial charge is 0.133 e. The Balaban J connectivity index is 1.83. The minimum absolute atomic E-state index is 0.0273. The van der Waals surface area contributed by atoms with Crippen LogP contribution < -0.4 is 0 Å². The molecule has 30 heavy (non-hydrogen) atoms. The molecular weight excluding hydrogens is 375 g/mol. The number of ketones is 1. The number of aromatic nitrogens is 2. The van der Waals surface area contributed by atoms with Crippen LogP contribution in [0.2, 0.25) is 0 Å². The minimum atomic E-state index is -0.276. The summed E-state index contributed by atoms with van der Waals surface area (Å²) in [6.45, 7) is 10.1. The van der Waals surface area contributed by atoms with E-state index in [4.69, 9.17) is 9.97 Å². The summed E-state index contributed by atoms with van der Waals surface area (Å²) in [5.74, 6) is 0.0310. The van der Waals surface area contributed by atoms with E-state index < -0.39 is 0 Å². The summed E-state index contributed by atoms with van der Waals surface area (Å²) in [6.07, 6.45) is 5.38. The molecule has 3 aromatic rings. The van der Waals surface area contributed by atoms with Crippen molar-refractivity contribution in [3.8, 4) is 11.3 Å². The van der Waals surface area contributed by atoms with Crippen LogP contribution in [-0.4, -0.2) is 15.8 Å². The molecule has 3 nitrogen and oxygen atoms in total. The van der Waals surface area contributed by atoms with Crippen LogP contribution in [0.4, 0.5) is 4.39 Å². The molecule has 0 aliphatic carbocycles. The van der Waals surface area contributed by atoms with E-state index >= 15 is 0 Å². The lowest BCUT2D eigenvalue weighted by Gasteiger charge is -2.16. The Labute approximate surface area is 178 Å². The molecule has 0 amide bonds. The van der Waals surface area contributed by atoms with Crippen LogP contribution in [0, 0.1) is 11.2 Å². The molecule has 0 aliphatic rings. The number of unbranched alkanes of at least 4 members (excludes halogenated alkanes) is 1. The lowest BCUT2D eigenvalue weighted by atomic mass is 9.88. The Morgan fingerprint density at radius 2 is 1.77 bits per heavy atom. The summed E-state index contributed by atoms with van der Waals surface area (Å²) >= 11 is 0. The molecule has 0 fully saturated rings. The number of Topliss-reactive ketones (excluding diaryl/α,β-unsaturated/α-hetero) is 1. The summed E-state index contributed by atoms with van der Waals surface area (Å²) in [5, 5.41) is 0. The van der Waals surface area contributed by atoms with E-state index in [-0.39, 0.29) is 11.2 Å². The van der Waals surface area contributed by atoms with E-state index in [9.17, 15) is 9.18 Å². The van der Waals surface area contributed by atoms with Crippen molar-refractivity contribution in [2.45, 2.75) is 52.9 Å². The van der Waals surface area contributed by atoms with Crippen molar-refractivity contribution < 1.29 is 9.18 Å². The largest absolute Gasteiger partial charge is 0.300 e. The molecule has 0 atom stereocenters. The van der Waals surface area contributed by atoms with Crippen LogP contribution in [0.15, 0.2) is 49.0 Å². The van der Waals surface area contributed by atoms with Gasteiger partial charge in [-0.1, -0.05) is 39.5 Å². The molecule has 1 aromatic heterocycles. The number of hydrogen-bond acceptors (Lipinski definition) is 3. The van der Waals surface area contributed by atoms with Crippen molar-refractivity contribution in [1.29, 1.82) is 0 Å². The highest BCUT2D eigenvalue weighted by molar-refractivity contribution is 5.81. The standard InChI is InChI=1S/C26H29FN2O/c1-5-18-10-15-22-24(16-18)28-23(9-7-6-8-21(30)17-26(2,3)4)25(29-22)19-11-13-20(27)14-12-19/h5,10-16H,1,6-9,17H2,2-4H3. The van der Waals surface area contributed by atoms with E-state index in [1.807, 2.05) is 18.2 Å². The Kier molecular flexibility index (Phi) is 6.76. The number of benzene rings is 2. The average molecular weight is 405 g/mol. The molecule has 0 aliphatic heterocycles. The van der Waals surface area contributed by atoms with Crippen molar-refractivity contribution in [2.24, 2.45) is 5.41 Å². The molecule has 0 spiro atoms. The van der Waals surface area contributed by atoms with Gasteiger partial charge >= 0.3 is 0 Å². The molecule has 0 bridgehead atoms. The van der Waals surface area contributed by atoms with Crippen LogP contribution in [0.25, 0.3) is 28.4 Å². The van der Waals surface area contributed by atoms with Gasteiger partial charge in [0.05, 0.1) is 22.4 Å². The molecule has 0 N–H and O–H groups in total. The molecule has 0 radical (unpaired) electrons. The minimum Gasteiger partial charge on any atom is -0.300 e. The van der Waals surface area contributed by atoms with E-state index in [1.54, 1.807) is 18.2 Å². The quantitative estimate of drug-likeness (QED) is 0.388.